The lowest BCUT2D eigenvalue weighted by molar-refractivity contribution is -0.137. The highest BCUT2D eigenvalue weighted by atomic mass is 35.5. The average Bonchev–Trinajstić information content (AvgIpc) is 3.06. The van der Waals surface area contributed by atoms with Crippen LogP contribution in [0.1, 0.15) is 21.7 Å². The molecular formula is C18H17ClF3N3O4. The summed E-state index contributed by atoms with van der Waals surface area (Å²) in [6, 6.07) is 4.39. The summed E-state index contributed by atoms with van der Waals surface area (Å²) in [5, 5.41) is 4.18. The van der Waals surface area contributed by atoms with Crippen molar-refractivity contribution in [3.8, 4) is 0 Å². The van der Waals surface area contributed by atoms with E-state index in [1.807, 2.05) is 0 Å². The third-order valence-electron chi connectivity index (χ3n) is 3.87. The van der Waals surface area contributed by atoms with Crippen LogP contribution < -0.4 is 10.6 Å². The van der Waals surface area contributed by atoms with Gasteiger partial charge in [0.2, 0.25) is 11.8 Å². The minimum Gasteiger partial charge on any atom is -0.469 e. The first-order valence-corrected chi connectivity index (χ1v) is 8.59. The molecule has 0 bridgehead atoms. The van der Waals surface area contributed by atoms with E-state index >= 15 is 0 Å². The minimum absolute atomic E-state index is 0.115. The van der Waals surface area contributed by atoms with Crippen LogP contribution in [0.3, 0.4) is 0 Å². The van der Waals surface area contributed by atoms with Gasteiger partial charge in [-0.2, -0.15) is 13.2 Å². The summed E-state index contributed by atoms with van der Waals surface area (Å²) in [5.41, 5.74) is -0.920. The van der Waals surface area contributed by atoms with Crippen LogP contribution in [0.5, 0.6) is 0 Å². The van der Waals surface area contributed by atoms with Crippen molar-refractivity contribution >= 4 is 35.0 Å². The molecule has 11 heteroatoms. The number of alkyl halides is 3. The van der Waals surface area contributed by atoms with E-state index in [0.29, 0.717) is 11.8 Å². The molecule has 1 heterocycles. The van der Waals surface area contributed by atoms with E-state index in [9.17, 15) is 27.6 Å². The topological polar surface area (TPSA) is 91.7 Å². The predicted molar refractivity (Wildman–Crippen MR) is 98.5 cm³/mol. The van der Waals surface area contributed by atoms with Crippen molar-refractivity contribution in [3.63, 3.8) is 0 Å². The molecule has 3 amide bonds. The Hall–Kier alpha value is -3.01. The monoisotopic (exact) mass is 431 g/mol. The van der Waals surface area contributed by atoms with Gasteiger partial charge >= 0.3 is 6.18 Å². The van der Waals surface area contributed by atoms with E-state index in [1.165, 1.54) is 25.4 Å². The predicted octanol–water partition coefficient (Wildman–Crippen LogP) is 3.09. The summed E-state index contributed by atoms with van der Waals surface area (Å²) in [5.74, 6) is -1.40. The third-order valence-corrected chi connectivity index (χ3v) is 4.20. The van der Waals surface area contributed by atoms with Crippen LogP contribution in [0.2, 0.25) is 5.02 Å². The molecule has 7 nitrogen and oxygen atoms in total. The third kappa shape index (κ3) is 5.98. The molecule has 0 aliphatic heterocycles. The van der Waals surface area contributed by atoms with Crippen molar-refractivity contribution in [2.45, 2.75) is 13.1 Å². The van der Waals surface area contributed by atoms with Gasteiger partial charge in [0.05, 0.1) is 35.5 Å². The van der Waals surface area contributed by atoms with Crippen LogP contribution in [0.4, 0.5) is 18.9 Å². The number of rotatable bonds is 6. The lowest BCUT2D eigenvalue weighted by Crippen LogP contribution is -2.41. The largest absolute Gasteiger partial charge is 0.469 e. The van der Waals surface area contributed by atoms with Gasteiger partial charge in [0.15, 0.2) is 0 Å². The fraction of sp³-hybridized carbons (Fsp3) is 0.278. The fourth-order valence-electron chi connectivity index (χ4n) is 2.33. The van der Waals surface area contributed by atoms with Crippen molar-refractivity contribution < 1.29 is 32.0 Å². The summed E-state index contributed by atoms with van der Waals surface area (Å²) in [4.78, 5) is 37.0. The summed E-state index contributed by atoms with van der Waals surface area (Å²) in [6.07, 6.45) is -3.33. The second-order valence-corrected chi connectivity index (χ2v) is 6.47. The Balaban J connectivity index is 1.89. The molecule has 0 saturated carbocycles. The summed E-state index contributed by atoms with van der Waals surface area (Å²) >= 11 is 5.52. The standard InChI is InChI=1S/C18H17ClF3N3O4/c1-10-12(5-6-29-10)17(28)23-8-16(27)25(2)9-15(26)24-11-3-4-14(19)13(7-11)18(20,21)22/h3-7H,8-9H2,1-2H3,(H,23,28)(H,24,26). The van der Waals surface area contributed by atoms with Gasteiger partial charge in [0, 0.05) is 12.7 Å². The highest BCUT2D eigenvalue weighted by Gasteiger charge is 2.33. The SMILES string of the molecule is Cc1occc1C(=O)NCC(=O)N(C)CC(=O)Nc1ccc(Cl)c(C(F)(F)F)c1. The minimum atomic E-state index is -4.67. The van der Waals surface area contributed by atoms with Gasteiger partial charge in [-0.15, -0.1) is 0 Å². The Morgan fingerprint density at radius 2 is 1.90 bits per heavy atom. The van der Waals surface area contributed by atoms with E-state index in [0.717, 1.165) is 11.0 Å². The van der Waals surface area contributed by atoms with Crippen LogP contribution in [0.25, 0.3) is 0 Å². The summed E-state index contributed by atoms with van der Waals surface area (Å²) in [7, 11) is 1.32. The van der Waals surface area contributed by atoms with Gasteiger partial charge in [0.1, 0.15) is 5.76 Å². The molecule has 156 valence electrons. The quantitative estimate of drug-likeness (QED) is 0.735. The van der Waals surface area contributed by atoms with Gasteiger partial charge < -0.3 is 20.0 Å². The average molecular weight is 432 g/mol. The first-order valence-electron chi connectivity index (χ1n) is 8.22. The number of amides is 3. The van der Waals surface area contributed by atoms with Crippen LogP contribution in [0.15, 0.2) is 34.9 Å². The first kappa shape index (κ1) is 22.3. The molecule has 0 fully saturated rings. The Morgan fingerprint density at radius 3 is 2.48 bits per heavy atom. The van der Waals surface area contributed by atoms with Crippen LogP contribution >= 0.6 is 11.6 Å². The van der Waals surface area contributed by atoms with Crippen molar-refractivity contribution in [2.75, 3.05) is 25.5 Å². The van der Waals surface area contributed by atoms with Crippen molar-refractivity contribution in [3.05, 3.63) is 52.4 Å². The maximum atomic E-state index is 12.9. The van der Waals surface area contributed by atoms with E-state index < -0.39 is 41.0 Å². The molecule has 0 unspecified atom stereocenters. The number of carbonyl (C=O) groups is 3. The zero-order valence-electron chi connectivity index (χ0n) is 15.4. The van der Waals surface area contributed by atoms with Crippen molar-refractivity contribution in [2.24, 2.45) is 0 Å². The van der Waals surface area contributed by atoms with Crippen LogP contribution in [-0.4, -0.2) is 42.8 Å². The Morgan fingerprint density at radius 1 is 1.21 bits per heavy atom. The smallest absolute Gasteiger partial charge is 0.417 e. The molecule has 0 radical (unpaired) electrons. The van der Waals surface area contributed by atoms with E-state index in [4.69, 9.17) is 16.0 Å². The number of hydrogen-bond donors (Lipinski definition) is 2. The summed E-state index contributed by atoms with van der Waals surface area (Å²) < 4.78 is 43.6. The number of aryl methyl sites for hydroxylation is 1. The van der Waals surface area contributed by atoms with E-state index in [1.54, 1.807) is 6.92 Å². The number of furan rings is 1. The lowest BCUT2D eigenvalue weighted by atomic mass is 10.2. The molecule has 0 spiro atoms. The number of benzene rings is 1. The molecule has 0 saturated heterocycles. The normalized spacial score (nSPS) is 11.1. The highest BCUT2D eigenvalue weighted by molar-refractivity contribution is 6.31. The van der Waals surface area contributed by atoms with Gasteiger partial charge in [-0.05, 0) is 31.2 Å². The molecule has 1 aromatic carbocycles. The Bertz CT molecular complexity index is 927. The maximum absolute atomic E-state index is 12.9. The number of carbonyl (C=O) groups excluding carboxylic acids is 3. The number of nitrogens with one attached hydrogen (secondary N) is 2. The van der Waals surface area contributed by atoms with Crippen molar-refractivity contribution in [1.29, 1.82) is 0 Å². The molecule has 0 aliphatic rings. The lowest BCUT2D eigenvalue weighted by Gasteiger charge is -2.17. The number of anilines is 1. The number of halogens is 4. The summed E-state index contributed by atoms with van der Waals surface area (Å²) in [6.45, 7) is 0.796. The zero-order valence-corrected chi connectivity index (χ0v) is 16.1. The molecule has 29 heavy (non-hydrogen) atoms. The van der Waals surface area contributed by atoms with Crippen LogP contribution in [0, 0.1) is 6.92 Å². The molecular weight excluding hydrogens is 415 g/mol. The van der Waals surface area contributed by atoms with Gasteiger partial charge in [-0.3, -0.25) is 14.4 Å². The molecule has 0 aliphatic carbocycles. The number of nitrogens with zero attached hydrogens (tertiary/aromatic N) is 1. The fourth-order valence-corrected chi connectivity index (χ4v) is 2.56. The van der Waals surface area contributed by atoms with Gasteiger partial charge in [-0.1, -0.05) is 11.6 Å². The van der Waals surface area contributed by atoms with Crippen LogP contribution in [-0.2, 0) is 15.8 Å². The Labute approximate surface area is 168 Å². The van der Waals surface area contributed by atoms with E-state index in [-0.39, 0.29) is 17.8 Å². The second kappa shape index (κ2) is 8.99. The molecule has 2 aromatic rings. The Kier molecular flexibility index (Phi) is 6.91. The maximum Gasteiger partial charge on any atom is 0.417 e. The highest BCUT2D eigenvalue weighted by Crippen LogP contribution is 2.36. The van der Waals surface area contributed by atoms with Gasteiger partial charge in [0.25, 0.3) is 5.91 Å². The molecule has 2 rings (SSSR count). The zero-order chi connectivity index (χ0) is 21.8. The molecule has 1 aromatic heterocycles. The van der Waals surface area contributed by atoms with E-state index in [2.05, 4.69) is 10.6 Å². The molecule has 0 atom stereocenters. The number of hydrogen-bond acceptors (Lipinski definition) is 4. The van der Waals surface area contributed by atoms with Gasteiger partial charge in [-0.25, -0.2) is 0 Å². The van der Waals surface area contributed by atoms with Crippen molar-refractivity contribution in [1.82, 2.24) is 10.2 Å². The first-order chi connectivity index (χ1) is 13.5. The molecule has 2 N–H and O–H groups in total. The second-order valence-electron chi connectivity index (χ2n) is 6.06. The number of likely N-dealkylation sites (N-methyl/N-ethyl adjacent to an activating group) is 1.